The number of pyridine rings is 2. The zero-order valence-corrected chi connectivity index (χ0v) is 14.4. The number of nitrogens with zero attached hydrogens (tertiary/aromatic N) is 5. The number of aromatic nitrogens is 4. The van der Waals surface area contributed by atoms with Crippen LogP contribution < -0.4 is 5.73 Å². The maximum absolute atomic E-state index is 9.69. The van der Waals surface area contributed by atoms with Crippen LogP contribution in [0.4, 0.5) is 5.82 Å². The minimum absolute atomic E-state index is 0.212. The second-order valence-corrected chi connectivity index (χ2v) is 6.16. The molecule has 0 aliphatic rings. The number of nitrogen functional groups attached to an aromatic ring is 1. The van der Waals surface area contributed by atoms with Gasteiger partial charge in [0.1, 0.15) is 17.5 Å². The molecule has 0 fully saturated rings. The maximum atomic E-state index is 9.69. The Bertz CT molecular complexity index is 1180. The molecular formula is C20H16N6. The highest BCUT2D eigenvalue weighted by Gasteiger charge is 2.17. The molecule has 126 valence electrons. The third-order valence-corrected chi connectivity index (χ3v) is 4.42. The summed E-state index contributed by atoms with van der Waals surface area (Å²) in [4.78, 5) is 8.84. The Hall–Kier alpha value is -3.72. The van der Waals surface area contributed by atoms with Gasteiger partial charge in [0.05, 0.1) is 17.4 Å². The van der Waals surface area contributed by atoms with Gasteiger partial charge in [0.2, 0.25) is 0 Å². The Morgan fingerprint density at radius 2 is 2.08 bits per heavy atom. The highest BCUT2D eigenvalue weighted by molar-refractivity contribution is 5.99. The monoisotopic (exact) mass is 340 g/mol. The normalized spacial score (nSPS) is 10.8. The van der Waals surface area contributed by atoms with Gasteiger partial charge in [0, 0.05) is 36.0 Å². The van der Waals surface area contributed by atoms with Crippen LogP contribution in [0.3, 0.4) is 0 Å². The Labute approximate surface area is 150 Å². The number of benzene rings is 1. The molecule has 2 N–H and O–H groups in total. The second kappa shape index (κ2) is 5.97. The van der Waals surface area contributed by atoms with E-state index in [-0.39, 0.29) is 5.82 Å². The topological polar surface area (TPSA) is 93.4 Å². The molecule has 0 aliphatic carbocycles. The zero-order chi connectivity index (χ0) is 18.3. The van der Waals surface area contributed by atoms with E-state index in [4.69, 9.17) is 5.73 Å². The molecule has 0 radical (unpaired) electrons. The summed E-state index contributed by atoms with van der Waals surface area (Å²) in [6, 6.07) is 12.0. The average molecular weight is 340 g/mol. The number of nitrogens with two attached hydrogens (primary N) is 1. The number of anilines is 1. The molecule has 0 unspecified atom stereocenters. The fourth-order valence-electron chi connectivity index (χ4n) is 3.20. The molecule has 0 bridgehead atoms. The van der Waals surface area contributed by atoms with Gasteiger partial charge < -0.3 is 5.73 Å². The molecule has 3 aromatic heterocycles. The van der Waals surface area contributed by atoms with Crippen LogP contribution >= 0.6 is 0 Å². The molecule has 6 nitrogen and oxygen atoms in total. The number of nitriles is 1. The first-order valence-corrected chi connectivity index (χ1v) is 8.13. The predicted molar refractivity (Wildman–Crippen MR) is 101 cm³/mol. The molecule has 1 aromatic carbocycles. The van der Waals surface area contributed by atoms with Gasteiger partial charge in [-0.25, -0.2) is 4.98 Å². The molecule has 0 aliphatic heterocycles. The summed E-state index contributed by atoms with van der Waals surface area (Å²) in [5.74, 6) is 0.212. The molecule has 4 rings (SSSR count). The lowest BCUT2D eigenvalue weighted by Crippen LogP contribution is -2.01. The largest absolute Gasteiger partial charge is 0.383 e. The molecule has 0 spiro atoms. The van der Waals surface area contributed by atoms with Crippen LogP contribution in [0, 0.1) is 18.3 Å². The van der Waals surface area contributed by atoms with Gasteiger partial charge in [-0.15, -0.1) is 0 Å². The summed E-state index contributed by atoms with van der Waals surface area (Å²) < 4.78 is 1.71. The van der Waals surface area contributed by atoms with Crippen LogP contribution in [0.2, 0.25) is 0 Å². The van der Waals surface area contributed by atoms with E-state index in [2.05, 4.69) is 21.1 Å². The molecule has 6 heteroatoms. The van der Waals surface area contributed by atoms with Crippen molar-refractivity contribution in [2.45, 2.75) is 6.92 Å². The third kappa shape index (κ3) is 2.47. The van der Waals surface area contributed by atoms with E-state index < -0.39 is 0 Å². The Balaban J connectivity index is 2.07. The van der Waals surface area contributed by atoms with Crippen LogP contribution in [-0.4, -0.2) is 19.7 Å². The number of hydrogen-bond acceptors (Lipinski definition) is 5. The van der Waals surface area contributed by atoms with Crippen LogP contribution in [-0.2, 0) is 7.05 Å². The molecule has 3 heterocycles. The summed E-state index contributed by atoms with van der Waals surface area (Å²) in [7, 11) is 1.85. The SMILES string of the molecule is Cc1ccc2ncccc2c1-c1cc(-c2cnn(C)c2)nc(N)c1C#N. The lowest BCUT2D eigenvalue weighted by Gasteiger charge is -2.14. The van der Waals surface area contributed by atoms with Crippen molar-refractivity contribution in [1.82, 2.24) is 19.7 Å². The minimum Gasteiger partial charge on any atom is -0.383 e. The summed E-state index contributed by atoms with van der Waals surface area (Å²) in [6.45, 7) is 2.02. The van der Waals surface area contributed by atoms with Crippen molar-refractivity contribution in [3.05, 3.63) is 60.0 Å². The smallest absolute Gasteiger partial charge is 0.142 e. The third-order valence-electron chi connectivity index (χ3n) is 4.42. The Kier molecular flexibility index (Phi) is 3.63. The summed E-state index contributed by atoms with van der Waals surface area (Å²) in [6.07, 6.45) is 5.36. The molecule has 0 saturated heterocycles. The number of aryl methyl sites for hydroxylation is 2. The van der Waals surface area contributed by atoms with E-state index in [1.165, 1.54) is 0 Å². The Morgan fingerprint density at radius 1 is 1.23 bits per heavy atom. The van der Waals surface area contributed by atoms with Crippen molar-refractivity contribution in [3.8, 4) is 28.5 Å². The van der Waals surface area contributed by atoms with Crippen molar-refractivity contribution in [2.24, 2.45) is 7.05 Å². The minimum atomic E-state index is 0.212. The first-order valence-electron chi connectivity index (χ1n) is 8.13. The van der Waals surface area contributed by atoms with E-state index in [9.17, 15) is 5.26 Å². The van der Waals surface area contributed by atoms with Crippen molar-refractivity contribution < 1.29 is 0 Å². The van der Waals surface area contributed by atoms with E-state index >= 15 is 0 Å². The summed E-state index contributed by atoms with van der Waals surface area (Å²) >= 11 is 0. The van der Waals surface area contributed by atoms with E-state index in [0.717, 1.165) is 33.2 Å². The van der Waals surface area contributed by atoms with Crippen LogP contribution in [0.1, 0.15) is 11.1 Å². The first-order chi connectivity index (χ1) is 12.6. The number of fused-ring (bicyclic) bond motifs is 1. The molecule has 0 atom stereocenters. The maximum Gasteiger partial charge on any atom is 0.142 e. The van der Waals surface area contributed by atoms with Gasteiger partial charge in [-0.1, -0.05) is 12.1 Å². The number of hydrogen-bond donors (Lipinski definition) is 1. The number of rotatable bonds is 2. The fraction of sp³-hybridized carbons (Fsp3) is 0.100. The van der Waals surface area contributed by atoms with E-state index in [0.29, 0.717) is 11.3 Å². The second-order valence-electron chi connectivity index (χ2n) is 6.16. The van der Waals surface area contributed by atoms with Crippen molar-refractivity contribution in [2.75, 3.05) is 5.73 Å². The summed E-state index contributed by atoms with van der Waals surface area (Å²) in [5, 5.41) is 14.9. The van der Waals surface area contributed by atoms with E-state index in [1.807, 2.05) is 50.5 Å². The lowest BCUT2D eigenvalue weighted by atomic mass is 9.92. The molecule has 26 heavy (non-hydrogen) atoms. The predicted octanol–water partition coefficient (Wildman–Crippen LogP) is 3.46. The van der Waals surface area contributed by atoms with Gasteiger partial charge in [-0.05, 0) is 36.2 Å². The quantitative estimate of drug-likeness (QED) is 0.603. The molecule has 0 amide bonds. The highest BCUT2D eigenvalue weighted by atomic mass is 15.2. The van der Waals surface area contributed by atoms with Crippen LogP contribution in [0.5, 0.6) is 0 Å². The zero-order valence-electron chi connectivity index (χ0n) is 14.4. The van der Waals surface area contributed by atoms with Crippen molar-refractivity contribution >= 4 is 16.7 Å². The highest BCUT2D eigenvalue weighted by Crippen LogP contribution is 2.36. The molecule has 4 aromatic rings. The van der Waals surface area contributed by atoms with E-state index in [1.54, 1.807) is 17.1 Å². The van der Waals surface area contributed by atoms with Gasteiger partial charge in [-0.2, -0.15) is 10.4 Å². The standard InChI is InChI=1S/C20H16N6/c1-12-5-6-17-14(4-3-7-23-17)19(12)15-8-18(13-10-24-26(2)11-13)25-20(22)16(15)9-21/h3-8,10-11H,1-2H3,(H2,22,25). The van der Waals surface area contributed by atoms with Gasteiger partial charge in [0.15, 0.2) is 0 Å². The Morgan fingerprint density at radius 3 is 2.81 bits per heavy atom. The molecular weight excluding hydrogens is 324 g/mol. The van der Waals surface area contributed by atoms with Crippen molar-refractivity contribution in [3.63, 3.8) is 0 Å². The van der Waals surface area contributed by atoms with Crippen LogP contribution in [0.25, 0.3) is 33.3 Å². The van der Waals surface area contributed by atoms with Crippen molar-refractivity contribution in [1.29, 1.82) is 5.26 Å². The van der Waals surface area contributed by atoms with Gasteiger partial charge in [-0.3, -0.25) is 9.67 Å². The van der Waals surface area contributed by atoms with Crippen LogP contribution in [0.15, 0.2) is 48.9 Å². The van der Waals surface area contributed by atoms with Gasteiger partial charge >= 0.3 is 0 Å². The first kappa shape index (κ1) is 15.8. The lowest BCUT2D eigenvalue weighted by molar-refractivity contribution is 0.768. The van der Waals surface area contributed by atoms with Gasteiger partial charge in [0.25, 0.3) is 0 Å². The molecule has 0 saturated carbocycles. The average Bonchev–Trinajstić information content (AvgIpc) is 3.07. The fourth-order valence-corrected chi connectivity index (χ4v) is 3.20. The summed E-state index contributed by atoms with van der Waals surface area (Å²) in [5.41, 5.74) is 11.7.